The second kappa shape index (κ2) is 29.8. The standard InChI is InChI=1S/4C2H2O4.2La.2H2O/c4*3-1(4)2(5)6;;;;/h4*(H,3,4)(H,5,6);;;2*1H2/q;;;;2*+3;;/p-6. The van der Waals surface area contributed by atoms with E-state index in [4.69, 9.17) is 79.2 Å². The maximum atomic E-state index is 9.10. The fourth-order valence-electron chi connectivity index (χ4n) is 0. The van der Waals surface area contributed by atoms with Crippen molar-refractivity contribution < 1.29 is 161 Å². The summed E-state index contributed by atoms with van der Waals surface area (Å²) in [5.74, 6) is -16.8. The second-order valence-electron chi connectivity index (χ2n) is 2.34. The van der Waals surface area contributed by atoms with E-state index in [-0.39, 0.29) is 82.2 Å². The summed E-state index contributed by atoms with van der Waals surface area (Å²) in [6.45, 7) is 0. The van der Waals surface area contributed by atoms with Gasteiger partial charge in [0.1, 0.15) is 0 Å². The van der Waals surface area contributed by atoms with Crippen LogP contribution in [0.3, 0.4) is 0 Å². The molecule has 0 rings (SSSR count). The van der Waals surface area contributed by atoms with Gasteiger partial charge in [0.05, 0.1) is 35.8 Å². The third-order valence-corrected chi connectivity index (χ3v) is 0.683. The van der Waals surface area contributed by atoms with Crippen molar-refractivity contribution in [3.05, 3.63) is 0 Å². The van der Waals surface area contributed by atoms with Crippen molar-refractivity contribution in [2.75, 3.05) is 0 Å². The van der Waals surface area contributed by atoms with Crippen molar-refractivity contribution in [1.82, 2.24) is 0 Å². The molecule has 18 nitrogen and oxygen atoms in total. The fourth-order valence-corrected chi connectivity index (χ4v) is 0. The Labute approximate surface area is 207 Å². The monoisotopic (exact) mass is 668 g/mol. The van der Waals surface area contributed by atoms with Crippen LogP contribution < -0.4 is 30.6 Å². The zero-order valence-electron chi connectivity index (χ0n) is 12.8. The average molecular weight is 668 g/mol. The van der Waals surface area contributed by atoms with Crippen LogP contribution in [-0.4, -0.2) is 68.9 Å². The van der Waals surface area contributed by atoms with E-state index in [0.717, 1.165) is 0 Å². The first-order valence-electron chi connectivity index (χ1n) is 4.30. The molecule has 0 aromatic heterocycles. The third-order valence-electron chi connectivity index (χ3n) is 0.683. The van der Waals surface area contributed by atoms with Crippen molar-refractivity contribution in [3.8, 4) is 0 Å². The van der Waals surface area contributed by atoms with E-state index >= 15 is 0 Å². The summed E-state index contributed by atoms with van der Waals surface area (Å²) in [5.41, 5.74) is 0. The topological polar surface area (TPSA) is 378 Å². The van der Waals surface area contributed by atoms with Gasteiger partial charge in [-0.15, -0.1) is 0 Å². The number of hydrogen-bond donors (Lipinski definition) is 2. The van der Waals surface area contributed by atoms with Crippen LogP contribution in [0.1, 0.15) is 0 Å². The maximum absolute atomic E-state index is 9.10. The minimum Gasteiger partial charge on any atom is -0.543 e. The normalized spacial score (nSPS) is 6.29. The van der Waals surface area contributed by atoms with Gasteiger partial charge in [-0.25, -0.2) is 9.59 Å². The molecule has 0 saturated carbocycles. The van der Waals surface area contributed by atoms with Crippen LogP contribution >= 0.6 is 0 Å². The van der Waals surface area contributed by atoms with Crippen LogP contribution in [0.2, 0.25) is 0 Å². The number of rotatable bonds is 0. The molecule has 0 amide bonds. The molecular formula is C8H6La2O18. The molecule has 0 bridgehead atoms. The number of carbonyl (C=O) groups is 8. The third kappa shape index (κ3) is 64.7. The molecule has 0 aliphatic heterocycles. The molecule has 0 unspecified atom stereocenters. The Kier molecular flexibility index (Phi) is 53.4. The van der Waals surface area contributed by atoms with Gasteiger partial charge in [0.25, 0.3) is 0 Å². The molecule has 0 radical (unpaired) electrons. The summed E-state index contributed by atoms with van der Waals surface area (Å²) in [6, 6.07) is 0. The van der Waals surface area contributed by atoms with Gasteiger partial charge in [0.2, 0.25) is 0 Å². The first kappa shape index (κ1) is 50.2. The summed E-state index contributed by atoms with van der Waals surface area (Å²) in [4.78, 5) is 71.8. The van der Waals surface area contributed by atoms with Gasteiger partial charge in [-0.1, -0.05) is 0 Å². The maximum Gasteiger partial charge on any atom is 3.00 e. The van der Waals surface area contributed by atoms with Gasteiger partial charge in [-0.3, -0.25) is 0 Å². The van der Waals surface area contributed by atoms with E-state index in [1.807, 2.05) is 0 Å². The number of carboxylic acid groups (broad SMARTS) is 8. The first-order valence-corrected chi connectivity index (χ1v) is 4.30. The predicted molar refractivity (Wildman–Crippen MR) is 52.5 cm³/mol. The summed E-state index contributed by atoms with van der Waals surface area (Å²) in [6.07, 6.45) is 0. The van der Waals surface area contributed by atoms with Crippen LogP contribution in [0.5, 0.6) is 0 Å². The van der Waals surface area contributed by atoms with Crippen molar-refractivity contribution in [3.63, 3.8) is 0 Å². The number of hydrogen-bond acceptors (Lipinski definition) is 14. The van der Waals surface area contributed by atoms with Crippen LogP contribution in [0.15, 0.2) is 0 Å². The summed E-state index contributed by atoms with van der Waals surface area (Å²) in [7, 11) is 0. The van der Waals surface area contributed by atoms with Crippen LogP contribution in [-0.2, 0) is 38.4 Å². The Balaban J connectivity index is -0.0000000303. The minimum atomic E-state index is -2.19. The van der Waals surface area contributed by atoms with Crippen molar-refractivity contribution in [1.29, 1.82) is 0 Å². The quantitative estimate of drug-likeness (QED) is 0.226. The number of aliphatic carboxylic acids is 8. The first-order chi connectivity index (χ1) is 10.6. The Morgan fingerprint density at radius 3 is 0.464 bits per heavy atom. The van der Waals surface area contributed by atoms with Gasteiger partial charge in [-0.2, -0.15) is 0 Å². The van der Waals surface area contributed by atoms with Crippen LogP contribution in [0.4, 0.5) is 0 Å². The smallest absolute Gasteiger partial charge is 0.543 e. The molecule has 0 heterocycles. The summed E-state index contributed by atoms with van der Waals surface area (Å²) >= 11 is 0. The number of carbonyl (C=O) groups excluding carboxylic acids is 6. The van der Waals surface area contributed by atoms with Gasteiger partial charge in [-0.05, 0) is 0 Å². The zero-order chi connectivity index (χ0) is 20.6. The molecule has 20 heteroatoms. The van der Waals surface area contributed by atoms with Gasteiger partial charge in [0.15, 0.2) is 0 Å². The second-order valence-corrected chi connectivity index (χ2v) is 2.34. The van der Waals surface area contributed by atoms with E-state index in [1.165, 1.54) is 0 Å². The van der Waals surface area contributed by atoms with Crippen LogP contribution in [0.25, 0.3) is 0 Å². The Morgan fingerprint density at radius 2 is 0.464 bits per heavy atom. The largest absolute Gasteiger partial charge is 3.00 e. The summed E-state index contributed by atoms with van der Waals surface area (Å²) < 4.78 is 0. The molecule has 0 aromatic rings. The molecule has 28 heavy (non-hydrogen) atoms. The van der Waals surface area contributed by atoms with Crippen molar-refractivity contribution in [2.45, 2.75) is 0 Å². The van der Waals surface area contributed by atoms with Gasteiger partial charge < -0.3 is 80.6 Å². The average Bonchev–Trinajstić information content (AvgIpc) is 2.40. The van der Waals surface area contributed by atoms with Crippen molar-refractivity contribution >= 4 is 47.8 Å². The molecule has 0 fully saturated rings. The Hall–Kier alpha value is -1.93. The van der Waals surface area contributed by atoms with Crippen LogP contribution in [0, 0.1) is 71.2 Å². The van der Waals surface area contributed by atoms with Gasteiger partial charge >= 0.3 is 83.1 Å². The number of carboxylic acids is 8. The van der Waals surface area contributed by atoms with E-state index in [0.29, 0.717) is 0 Å². The SMILES string of the molecule is O.O.O=C(O)C(=O)O.O=C([O-])C(=O)[O-].O=C([O-])C(=O)[O-].O=C([O-])C(=O)[O-].[La+3].[La+3]. The predicted octanol–water partition coefficient (Wildman–Crippen LogP) is -13.0. The molecule has 0 atom stereocenters. The Bertz CT molecular complexity index is 394. The summed E-state index contributed by atoms with van der Waals surface area (Å²) in [5, 5.41) is 68.3. The Morgan fingerprint density at radius 1 is 0.393 bits per heavy atom. The molecule has 152 valence electrons. The van der Waals surface area contributed by atoms with Gasteiger partial charge in [0, 0.05) is 0 Å². The van der Waals surface area contributed by atoms with E-state index < -0.39 is 47.8 Å². The fraction of sp³-hybridized carbons (Fsp3) is 0. The zero-order valence-corrected chi connectivity index (χ0v) is 20.0. The molecule has 0 aliphatic rings. The molecule has 0 aliphatic carbocycles. The molecule has 0 saturated heterocycles. The molecule has 0 aromatic carbocycles. The van der Waals surface area contributed by atoms with Crippen molar-refractivity contribution in [2.24, 2.45) is 0 Å². The van der Waals surface area contributed by atoms with E-state index in [2.05, 4.69) is 0 Å². The molecule has 6 N–H and O–H groups in total. The molecular weight excluding hydrogens is 662 g/mol. The van der Waals surface area contributed by atoms with E-state index in [9.17, 15) is 0 Å². The minimum absolute atomic E-state index is 0. The van der Waals surface area contributed by atoms with E-state index in [1.54, 1.807) is 0 Å². The molecule has 0 spiro atoms.